The summed E-state index contributed by atoms with van der Waals surface area (Å²) in [7, 11) is 0. The largest absolute Gasteiger partial charge is 0.506 e. The van der Waals surface area contributed by atoms with E-state index in [1.54, 1.807) is 12.1 Å². The molecule has 98 valence electrons. The van der Waals surface area contributed by atoms with Gasteiger partial charge in [0.1, 0.15) is 5.75 Å². The predicted octanol–water partition coefficient (Wildman–Crippen LogP) is 4.67. The standard InChI is InChI=1S/C13H8BrClINO2/c14-7-1-3-11(16)9(5-7)13(19)17-8-2-4-12(18)10(15)6-8/h1-6,18H,(H,17,19). The topological polar surface area (TPSA) is 49.3 Å². The molecular formula is C13H8BrClINO2. The number of carbonyl (C=O) groups excluding carboxylic acids is 1. The van der Waals surface area contributed by atoms with Crippen LogP contribution in [0.2, 0.25) is 5.02 Å². The van der Waals surface area contributed by atoms with Crippen LogP contribution in [-0.4, -0.2) is 11.0 Å². The Kier molecular flexibility index (Phi) is 4.70. The average Bonchev–Trinajstić information content (AvgIpc) is 2.36. The van der Waals surface area contributed by atoms with Crippen molar-refractivity contribution in [2.75, 3.05) is 5.32 Å². The fourth-order valence-corrected chi connectivity index (χ4v) is 2.58. The lowest BCUT2D eigenvalue weighted by molar-refractivity contribution is 0.102. The average molecular weight is 452 g/mol. The van der Waals surface area contributed by atoms with Gasteiger partial charge in [-0.2, -0.15) is 0 Å². The van der Waals surface area contributed by atoms with Crippen LogP contribution >= 0.6 is 50.1 Å². The second kappa shape index (κ2) is 6.11. The van der Waals surface area contributed by atoms with Crippen molar-refractivity contribution in [1.82, 2.24) is 0 Å². The molecule has 0 aliphatic rings. The van der Waals surface area contributed by atoms with Gasteiger partial charge in [0.25, 0.3) is 5.91 Å². The molecule has 3 nitrogen and oxygen atoms in total. The minimum absolute atomic E-state index is 0.0169. The molecule has 0 spiro atoms. The number of halogens is 3. The van der Waals surface area contributed by atoms with E-state index < -0.39 is 0 Å². The van der Waals surface area contributed by atoms with Crippen LogP contribution in [0.1, 0.15) is 10.4 Å². The van der Waals surface area contributed by atoms with Crippen LogP contribution in [0.4, 0.5) is 5.69 Å². The van der Waals surface area contributed by atoms with E-state index in [-0.39, 0.29) is 16.7 Å². The highest BCUT2D eigenvalue weighted by molar-refractivity contribution is 14.1. The molecule has 0 heterocycles. The summed E-state index contributed by atoms with van der Waals surface area (Å²) in [4.78, 5) is 12.1. The van der Waals surface area contributed by atoms with Crippen molar-refractivity contribution in [3.05, 3.63) is 55.0 Å². The molecule has 0 saturated carbocycles. The molecule has 0 saturated heterocycles. The quantitative estimate of drug-likeness (QED) is 0.514. The summed E-state index contributed by atoms with van der Waals surface area (Å²) in [5, 5.41) is 12.3. The Morgan fingerprint density at radius 1 is 1.26 bits per heavy atom. The van der Waals surface area contributed by atoms with E-state index in [1.807, 2.05) is 12.1 Å². The minimum Gasteiger partial charge on any atom is -0.506 e. The predicted molar refractivity (Wildman–Crippen MR) is 87.9 cm³/mol. The van der Waals surface area contributed by atoms with Crippen LogP contribution < -0.4 is 5.32 Å². The van der Waals surface area contributed by atoms with E-state index in [1.165, 1.54) is 12.1 Å². The van der Waals surface area contributed by atoms with Gasteiger partial charge < -0.3 is 10.4 Å². The Hall–Kier alpha value is -0.790. The number of nitrogens with one attached hydrogen (secondary N) is 1. The van der Waals surface area contributed by atoms with Gasteiger partial charge in [0.2, 0.25) is 0 Å². The summed E-state index contributed by atoms with van der Waals surface area (Å²) in [6, 6.07) is 9.99. The molecule has 0 fully saturated rings. The van der Waals surface area contributed by atoms with Gasteiger partial charge >= 0.3 is 0 Å². The number of phenolic OH excluding ortho intramolecular Hbond substituents is 1. The number of carbonyl (C=O) groups is 1. The first kappa shape index (κ1) is 14.6. The number of benzene rings is 2. The Morgan fingerprint density at radius 2 is 2.00 bits per heavy atom. The normalized spacial score (nSPS) is 10.3. The molecule has 1 amide bonds. The van der Waals surface area contributed by atoms with Crippen molar-refractivity contribution in [2.24, 2.45) is 0 Å². The third kappa shape index (κ3) is 3.61. The fraction of sp³-hybridized carbons (Fsp3) is 0. The van der Waals surface area contributed by atoms with Gasteiger partial charge in [-0.25, -0.2) is 0 Å². The lowest BCUT2D eigenvalue weighted by Gasteiger charge is -2.08. The van der Waals surface area contributed by atoms with Crippen molar-refractivity contribution in [2.45, 2.75) is 0 Å². The molecule has 0 aliphatic heterocycles. The van der Waals surface area contributed by atoms with E-state index in [0.29, 0.717) is 11.3 Å². The first-order chi connectivity index (χ1) is 8.97. The Morgan fingerprint density at radius 3 is 2.68 bits per heavy atom. The Labute approximate surface area is 137 Å². The van der Waals surface area contributed by atoms with Gasteiger partial charge in [0.05, 0.1) is 10.6 Å². The molecule has 2 aromatic carbocycles. The van der Waals surface area contributed by atoms with E-state index in [4.69, 9.17) is 11.6 Å². The fourth-order valence-electron chi connectivity index (χ4n) is 1.45. The van der Waals surface area contributed by atoms with Crippen molar-refractivity contribution < 1.29 is 9.90 Å². The maximum absolute atomic E-state index is 12.1. The second-order valence-electron chi connectivity index (χ2n) is 3.74. The zero-order valence-electron chi connectivity index (χ0n) is 9.45. The lowest BCUT2D eigenvalue weighted by atomic mass is 10.2. The van der Waals surface area contributed by atoms with Crippen molar-refractivity contribution >= 4 is 61.7 Å². The third-order valence-electron chi connectivity index (χ3n) is 2.38. The number of phenols is 1. The summed E-state index contributed by atoms with van der Waals surface area (Å²) in [5.41, 5.74) is 1.10. The number of rotatable bonds is 2. The number of hydrogen-bond donors (Lipinski definition) is 2. The summed E-state index contributed by atoms with van der Waals surface area (Å²) < 4.78 is 1.69. The molecule has 0 unspecified atom stereocenters. The van der Waals surface area contributed by atoms with Crippen LogP contribution in [-0.2, 0) is 0 Å². The van der Waals surface area contributed by atoms with Crippen LogP contribution in [0, 0.1) is 3.57 Å². The van der Waals surface area contributed by atoms with Crippen LogP contribution in [0.25, 0.3) is 0 Å². The molecular weight excluding hydrogens is 444 g/mol. The summed E-state index contributed by atoms with van der Waals surface area (Å²) in [6.07, 6.45) is 0. The van der Waals surface area contributed by atoms with Crippen molar-refractivity contribution in [3.8, 4) is 5.75 Å². The molecule has 0 radical (unpaired) electrons. The minimum atomic E-state index is -0.229. The molecule has 0 aromatic heterocycles. The Bertz CT molecular complexity index is 649. The molecule has 2 rings (SSSR count). The zero-order chi connectivity index (χ0) is 14.0. The maximum Gasteiger partial charge on any atom is 0.256 e. The van der Waals surface area contributed by atoms with Crippen molar-refractivity contribution in [1.29, 1.82) is 0 Å². The SMILES string of the molecule is O=C(Nc1ccc(O)c(Cl)c1)c1cc(Br)ccc1I. The second-order valence-corrected chi connectivity index (χ2v) is 6.23. The molecule has 19 heavy (non-hydrogen) atoms. The number of amides is 1. The highest BCUT2D eigenvalue weighted by atomic mass is 127. The molecule has 6 heteroatoms. The van der Waals surface area contributed by atoms with Crippen LogP contribution in [0.5, 0.6) is 5.75 Å². The van der Waals surface area contributed by atoms with E-state index >= 15 is 0 Å². The lowest BCUT2D eigenvalue weighted by Crippen LogP contribution is -2.13. The molecule has 0 aliphatic carbocycles. The van der Waals surface area contributed by atoms with Crippen LogP contribution in [0.15, 0.2) is 40.9 Å². The van der Waals surface area contributed by atoms with Crippen LogP contribution in [0.3, 0.4) is 0 Å². The van der Waals surface area contributed by atoms with Gasteiger partial charge in [-0.15, -0.1) is 0 Å². The van der Waals surface area contributed by atoms with E-state index in [9.17, 15) is 9.90 Å². The zero-order valence-corrected chi connectivity index (χ0v) is 14.0. The summed E-state index contributed by atoms with van der Waals surface area (Å²) in [6.45, 7) is 0. The molecule has 0 bridgehead atoms. The molecule has 2 N–H and O–H groups in total. The van der Waals surface area contributed by atoms with Gasteiger partial charge in [-0.3, -0.25) is 4.79 Å². The number of hydrogen-bond acceptors (Lipinski definition) is 2. The number of aromatic hydroxyl groups is 1. The van der Waals surface area contributed by atoms with E-state index in [2.05, 4.69) is 43.8 Å². The van der Waals surface area contributed by atoms with E-state index in [0.717, 1.165) is 8.04 Å². The first-order valence-electron chi connectivity index (χ1n) is 5.22. The molecule has 0 atom stereocenters. The van der Waals surface area contributed by atoms with Gasteiger partial charge in [0.15, 0.2) is 0 Å². The smallest absolute Gasteiger partial charge is 0.256 e. The highest BCUT2D eigenvalue weighted by Gasteiger charge is 2.11. The monoisotopic (exact) mass is 451 g/mol. The summed E-state index contributed by atoms with van der Waals surface area (Å²) in [5.74, 6) is -0.246. The molecule has 2 aromatic rings. The van der Waals surface area contributed by atoms with Gasteiger partial charge in [-0.1, -0.05) is 27.5 Å². The highest BCUT2D eigenvalue weighted by Crippen LogP contribution is 2.27. The first-order valence-corrected chi connectivity index (χ1v) is 7.47. The maximum atomic E-state index is 12.1. The Balaban J connectivity index is 2.25. The third-order valence-corrected chi connectivity index (χ3v) is 4.12. The van der Waals surface area contributed by atoms with Gasteiger partial charge in [-0.05, 0) is 59.0 Å². The summed E-state index contributed by atoms with van der Waals surface area (Å²) >= 11 is 11.2. The van der Waals surface area contributed by atoms with Crippen molar-refractivity contribution in [3.63, 3.8) is 0 Å². The number of anilines is 1. The van der Waals surface area contributed by atoms with Gasteiger partial charge in [0, 0.05) is 13.7 Å².